The zero-order valence-electron chi connectivity index (χ0n) is 18.5. The third-order valence-corrected chi connectivity index (χ3v) is 6.20. The Morgan fingerprint density at radius 3 is 2.71 bits per heavy atom. The SMILES string of the molecule is Cc1cc(Nc2cccc(C(=O)NCCN(C)C3CCCCC3)c2)c2ccccc2n1. The van der Waals surface area contributed by atoms with E-state index in [1.807, 2.05) is 55.5 Å². The Hall–Kier alpha value is -2.92. The number of para-hydroxylation sites is 1. The summed E-state index contributed by atoms with van der Waals surface area (Å²) in [7, 11) is 2.17. The van der Waals surface area contributed by atoms with Gasteiger partial charge in [0.15, 0.2) is 0 Å². The van der Waals surface area contributed by atoms with E-state index in [-0.39, 0.29) is 5.91 Å². The van der Waals surface area contributed by atoms with Crippen molar-refractivity contribution in [1.29, 1.82) is 0 Å². The van der Waals surface area contributed by atoms with Crippen LogP contribution in [-0.4, -0.2) is 42.0 Å². The minimum atomic E-state index is -0.0311. The van der Waals surface area contributed by atoms with Gasteiger partial charge in [-0.15, -0.1) is 0 Å². The van der Waals surface area contributed by atoms with Gasteiger partial charge in [0.1, 0.15) is 0 Å². The van der Waals surface area contributed by atoms with Crippen LogP contribution in [0.25, 0.3) is 10.9 Å². The van der Waals surface area contributed by atoms with Crippen LogP contribution in [-0.2, 0) is 0 Å². The molecule has 1 heterocycles. The van der Waals surface area contributed by atoms with Crippen molar-refractivity contribution in [3.63, 3.8) is 0 Å². The molecule has 0 bridgehead atoms. The fourth-order valence-corrected chi connectivity index (χ4v) is 4.46. The maximum atomic E-state index is 12.7. The van der Waals surface area contributed by atoms with Crippen molar-refractivity contribution >= 4 is 28.2 Å². The number of nitrogens with zero attached hydrogens (tertiary/aromatic N) is 2. The van der Waals surface area contributed by atoms with Crippen LogP contribution in [0.3, 0.4) is 0 Å². The molecule has 1 fully saturated rings. The first kappa shape index (κ1) is 21.3. The van der Waals surface area contributed by atoms with Crippen molar-refractivity contribution < 1.29 is 4.79 Å². The number of likely N-dealkylation sites (N-methyl/N-ethyl adjacent to an activating group) is 1. The molecule has 1 aromatic heterocycles. The lowest BCUT2D eigenvalue weighted by molar-refractivity contribution is 0.0944. The number of benzene rings is 2. The molecule has 3 aromatic rings. The summed E-state index contributed by atoms with van der Waals surface area (Å²) in [5.74, 6) is -0.0311. The Labute approximate surface area is 184 Å². The van der Waals surface area contributed by atoms with E-state index >= 15 is 0 Å². The Morgan fingerprint density at radius 2 is 1.87 bits per heavy atom. The molecular formula is C26H32N4O. The molecule has 1 aliphatic carbocycles. The van der Waals surface area contributed by atoms with Gasteiger partial charge in [-0.05, 0) is 57.1 Å². The topological polar surface area (TPSA) is 57.3 Å². The molecular weight excluding hydrogens is 384 g/mol. The van der Waals surface area contributed by atoms with Crippen molar-refractivity contribution in [3.8, 4) is 0 Å². The van der Waals surface area contributed by atoms with Gasteiger partial charge < -0.3 is 15.5 Å². The Balaban J connectivity index is 1.38. The number of carbonyl (C=O) groups is 1. The molecule has 1 aliphatic rings. The lowest BCUT2D eigenvalue weighted by Gasteiger charge is -2.31. The number of nitrogens with one attached hydrogen (secondary N) is 2. The Morgan fingerprint density at radius 1 is 1.06 bits per heavy atom. The molecule has 2 N–H and O–H groups in total. The van der Waals surface area contributed by atoms with E-state index in [4.69, 9.17) is 0 Å². The number of hydrogen-bond acceptors (Lipinski definition) is 4. The molecule has 0 saturated heterocycles. The third kappa shape index (κ3) is 5.42. The molecule has 162 valence electrons. The smallest absolute Gasteiger partial charge is 0.251 e. The number of aromatic nitrogens is 1. The van der Waals surface area contributed by atoms with E-state index in [1.165, 1.54) is 32.1 Å². The van der Waals surface area contributed by atoms with Crippen LogP contribution in [0, 0.1) is 6.92 Å². The van der Waals surface area contributed by atoms with Gasteiger partial charge in [-0.25, -0.2) is 0 Å². The summed E-state index contributed by atoms with van der Waals surface area (Å²) in [6.07, 6.45) is 6.57. The van der Waals surface area contributed by atoms with E-state index in [2.05, 4.69) is 33.6 Å². The minimum Gasteiger partial charge on any atom is -0.355 e. The molecule has 0 aliphatic heterocycles. The van der Waals surface area contributed by atoms with Crippen LogP contribution in [0.15, 0.2) is 54.6 Å². The van der Waals surface area contributed by atoms with E-state index in [0.717, 1.165) is 34.5 Å². The summed E-state index contributed by atoms with van der Waals surface area (Å²) < 4.78 is 0. The number of anilines is 2. The largest absolute Gasteiger partial charge is 0.355 e. The number of aryl methyl sites for hydroxylation is 1. The van der Waals surface area contributed by atoms with Crippen molar-refractivity contribution in [2.75, 3.05) is 25.5 Å². The summed E-state index contributed by atoms with van der Waals surface area (Å²) in [4.78, 5) is 19.7. The Kier molecular flexibility index (Phi) is 6.82. The average molecular weight is 417 g/mol. The highest BCUT2D eigenvalue weighted by molar-refractivity contribution is 5.96. The first-order chi connectivity index (χ1) is 15.1. The molecule has 5 heteroatoms. The number of amides is 1. The summed E-state index contributed by atoms with van der Waals surface area (Å²) in [6.45, 7) is 3.54. The van der Waals surface area contributed by atoms with Gasteiger partial charge in [0.25, 0.3) is 5.91 Å². The molecule has 0 spiro atoms. The fraction of sp³-hybridized carbons (Fsp3) is 0.385. The summed E-state index contributed by atoms with van der Waals surface area (Å²) in [5, 5.41) is 7.62. The second-order valence-electron chi connectivity index (χ2n) is 8.56. The first-order valence-corrected chi connectivity index (χ1v) is 11.3. The van der Waals surface area contributed by atoms with Crippen molar-refractivity contribution in [3.05, 3.63) is 65.9 Å². The zero-order chi connectivity index (χ0) is 21.6. The number of fused-ring (bicyclic) bond motifs is 1. The van der Waals surface area contributed by atoms with Gasteiger partial charge in [-0.3, -0.25) is 9.78 Å². The molecule has 0 unspecified atom stereocenters. The maximum Gasteiger partial charge on any atom is 0.251 e. The van der Waals surface area contributed by atoms with Gasteiger partial charge >= 0.3 is 0 Å². The highest BCUT2D eigenvalue weighted by Crippen LogP contribution is 2.26. The minimum absolute atomic E-state index is 0.0311. The molecule has 0 radical (unpaired) electrons. The fourth-order valence-electron chi connectivity index (χ4n) is 4.46. The molecule has 1 amide bonds. The normalized spacial score (nSPS) is 14.7. The lowest BCUT2D eigenvalue weighted by Crippen LogP contribution is -2.39. The molecule has 5 nitrogen and oxygen atoms in total. The van der Waals surface area contributed by atoms with Crippen molar-refractivity contribution in [1.82, 2.24) is 15.2 Å². The van der Waals surface area contributed by atoms with E-state index < -0.39 is 0 Å². The van der Waals surface area contributed by atoms with Gasteiger partial charge in [-0.1, -0.05) is 43.5 Å². The average Bonchev–Trinajstić information content (AvgIpc) is 2.79. The predicted octanol–water partition coefficient (Wildman–Crippen LogP) is 5.28. The highest BCUT2D eigenvalue weighted by atomic mass is 16.1. The van der Waals surface area contributed by atoms with E-state index in [1.54, 1.807) is 0 Å². The van der Waals surface area contributed by atoms with Crippen LogP contribution in [0.1, 0.15) is 48.2 Å². The lowest BCUT2D eigenvalue weighted by atomic mass is 9.94. The summed E-state index contributed by atoms with van der Waals surface area (Å²) in [5.41, 5.74) is 4.47. The zero-order valence-corrected chi connectivity index (χ0v) is 18.5. The van der Waals surface area contributed by atoms with E-state index in [0.29, 0.717) is 18.2 Å². The van der Waals surface area contributed by atoms with E-state index in [9.17, 15) is 4.79 Å². The van der Waals surface area contributed by atoms with Crippen LogP contribution in [0.5, 0.6) is 0 Å². The van der Waals surface area contributed by atoms with Crippen LogP contribution < -0.4 is 10.6 Å². The number of pyridine rings is 1. The molecule has 31 heavy (non-hydrogen) atoms. The molecule has 2 aromatic carbocycles. The standard InChI is InChI=1S/C26H32N4O/c1-19-17-25(23-13-6-7-14-24(23)28-19)29-21-10-8-9-20(18-21)26(31)27-15-16-30(2)22-11-4-3-5-12-22/h6-10,13-14,17-18,22H,3-5,11-12,15-16H2,1-2H3,(H,27,31)(H,28,29). The van der Waals surface area contributed by atoms with Crippen LogP contribution in [0.2, 0.25) is 0 Å². The van der Waals surface area contributed by atoms with Crippen LogP contribution >= 0.6 is 0 Å². The second kappa shape index (κ2) is 9.92. The van der Waals surface area contributed by atoms with Gasteiger partial charge in [0.2, 0.25) is 0 Å². The molecule has 1 saturated carbocycles. The number of carbonyl (C=O) groups excluding carboxylic acids is 1. The first-order valence-electron chi connectivity index (χ1n) is 11.3. The number of rotatable bonds is 7. The summed E-state index contributed by atoms with van der Waals surface area (Å²) in [6, 6.07) is 18.5. The van der Waals surface area contributed by atoms with Crippen molar-refractivity contribution in [2.24, 2.45) is 0 Å². The monoisotopic (exact) mass is 416 g/mol. The molecule has 4 rings (SSSR count). The van der Waals surface area contributed by atoms with Crippen LogP contribution in [0.4, 0.5) is 11.4 Å². The highest BCUT2D eigenvalue weighted by Gasteiger charge is 2.17. The summed E-state index contributed by atoms with van der Waals surface area (Å²) >= 11 is 0. The van der Waals surface area contributed by atoms with Crippen molar-refractivity contribution in [2.45, 2.75) is 45.1 Å². The predicted molar refractivity (Wildman–Crippen MR) is 128 cm³/mol. The van der Waals surface area contributed by atoms with Gasteiger partial charge in [0, 0.05) is 47.1 Å². The third-order valence-electron chi connectivity index (χ3n) is 6.20. The van der Waals surface area contributed by atoms with Gasteiger partial charge in [0.05, 0.1) is 5.52 Å². The molecule has 0 atom stereocenters. The number of hydrogen-bond donors (Lipinski definition) is 2. The Bertz CT molecular complexity index is 1040. The maximum absolute atomic E-state index is 12.7. The second-order valence-corrected chi connectivity index (χ2v) is 8.56. The quantitative estimate of drug-likeness (QED) is 0.550. The van der Waals surface area contributed by atoms with Gasteiger partial charge in [-0.2, -0.15) is 0 Å².